The van der Waals surface area contributed by atoms with Gasteiger partial charge in [-0.15, -0.1) is 0 Å². The number of amides is 2. The molecule has 0 unspecified atom stereocenters. The SMILES string of the molecule is CCC(=O)c1ccc2c(c1)N(CC(=O)Nc1ccc(CC(=O)O)cc1)C(=O)CO2. The molecule has 2 aromatic rings. The number of anilines is 2. The monoisotopic (exact) mass is 396 g/mol. The summed E-state index contributed by atoms with van der Waals surface area (Å²) in [7, 11) is 0. The predicted molar refractivity (Wildman–Crippen MR) is 105 cm³/mol. The summed E-state index contributed by atoms with van der Waals surface area (Å²) in [5.41, 5.74) is 1.93. The van der Waals surface area contributed by atoms with Crippen molar-refractivity contribution >= 4 is 34.9 Å². The number of aliphatic carboxylic acids is 1. The molecule has 0 aliphatic carbocycles. The molecule has 0 saturated carbocycles. The van der Waals surface area contributed by atoms with Gasteiger partial charge < -0.3 is 15.2 Å². The molecule has 2 N–H and O–H groups in total. The molecular formula is C21H20N2O6. The average molecular weight is 396 g/mol. The van der Waals surface area contributed by atoms with Crippen LogP contribution in [-0.2, 0) is 20.8 Å². The van der Waals surface area contributed by atoms with Crippen LogP contribution in [0.25, 0.3) is 0 Å². The molecule has 0 saturated heterocycles. The Morgan fingerprint density at radius 1 is 1.14 bits per heavy atom. The number of benzene rings is 2. The van der Waals surface area contributed by atoms with Crippen LogP contribution in [0.1, 0.15) is 29.3 Å². The number of hydrogen-bond acceptors (Lipinski definition) is 5. The van der Waals surface area contributed by atoms with E-state index >= 15 is 0 Å². The molecule has 8 nitrogen and oxygen atoms in total. The number of ether oxygens (including phenoxy) is 1. The normalized spacial score (nSPS) is 12.7. The summed E-state index contributed by atoms with van der Waals surface area (Å²) in [5.74, 6) is -1.39. The van der Waals surface area contributed by atoms with Crippen LogP contribution >= 0.6 is 0 Å². The van der Waals surface area contributed by atoms with Gasteiger partial charge in [0.05, 0.1) is 12.1 Å². The highest BCUT2D eigenvalue weighted by molar-refractivity contribution is 6.06. The lowest BCUT2D eigenvalue weighted by molar-refractivity contribution is -0.136. The number of rotatable bonds is 7. The van der Waals surface area contributed by atoms with E-state index in [1.165, 1.54) is 4.90 Å². The van der Waals surface area contributed by atoms with Gasteiger partial charge in [-0.2, -0.15) is 0 Å². The van der Waals surface area contributed by atoms with Gasteiger partial charge in [-0.3, -0.25) is 24.1 Å². The molecule has 0 radical (unpaired) electrons. The summed E-state index contributed by atoms with van der Waals surface area (Å²) in [5, 5.41) is 11.5. The van der Waals surface area contributed by atoms with Crippen LogP contribution in [0, 0.1) is 0 Å². The maximum atomic E-state index is 12.5. The van der Waals surface area contributed by atoms with Crippen LogP contribution in [0.3, 0.4) is 0 Å². The minimum Gasteiger partial charge on any atom is -0.482 e. The van der Waals surface area contributed by atoms with Gasteiger partial charge in [-0.1, -0.05) is 19.1 Å². The maximum Gasteiger partial charge on any atom is 0.307 e. The number of fused-ring (bicyclic) bond motifs is 1. The van der Waals surface area contributed by atoms with Crippen molar-refractivity contribution in [2.24, 2.45) is 0 Å². The number of carboxylic acid groups (broad SMARTS) is 1. The van der Waals surface area contributed by atoms with E-state index in [4.69, 9.17) is 9.84 Å². The Morgan fingerprint density at radius 3 is 2.52 bits per heavy atom. The smallest absolute Gasteiger partial charge is 0.307 e. The summed E-state index contributed by atoms with van der Waals surface area (Å²) >= 11 is 0. The first-order chi connectivity index (χ1) is 13.9. The Balaban J connectivity index is 1.74. The van der Waals surface area contributed by atoms with Crippen molar-refractivity contribution in [1.82, 2.24) is 0 Å². The Morgan fingerprint density at radius 2 is 1.86 bits per heavy atom. The highest BCUT2D eigenvalue weighted by atomic mass is 16.5. The molecule has 2 aromatic carbocycles. The molecule has 1 aliphatic rings. The number of nitrogens with one attached hydrogen (secondary N) is 1. The van der Waals surface area contributed by atoms with Crippen LogP contribution in [0.5, 0.6) is 5.75 Å². The Kier molecular flexibility index (Phi) is 5.92. The molecular weight excluding hydrogens is 376 g/mol. The average Bonchev–Trinajstić information content (AvgIpc) is 2.70. The van der Waals surface area contributed by atoms with Crippen LogP contribution in [-0.4, -0.2) is 41.8 Å². The van der Waals surface area contributed by atoms with E-state index in [0.29, 0.717) is 34.7 Å². The molecule has 0 bridgehead atoms. The molecule has 3 rings (SSSR count). The fourth-order valence-electron chi connectivity index (χ4n) is 2.98. The van der Waals surface area contributed by atoms with E-state index in [9.17, 15) is 19.2 Å². The first kappa shape index (κ1) is 20.1. The molecule has 0 aromatic heterocycles. The zero-order chi connectivity index (χ0) is 21.0. The maximum absolute atomic E-state index is 12.5. The van der Waals surface area contributed by atoms with Crippen molar-refractivity contribution in [3.05, 3.63) is 53.6 Å². The van der Waals surface area contributed by atoms with E-state index in [0.717, 1.165) is 0 Å². The largest absolute Gasteiger partial charge is 0.482 e. The second-order valence-corrected chi connectivity index (χ2v) is 6.54. The van der Waals surface area contributed by atoms with Crippen molar-refractivity contribution < 1.29 is 29.0 Å². The topological polar surface area (TPSA) is 113 Å². The molecule has 150 valence electrons. The first-order valence-corrected chi connectivity index (χ1v) is 9.08. The number of Topliss-reactive ketones (excluding diaryl/α,β-unsaturated/α-hetero) is 1. The molecule has 0 fully saturated rings. The fraction of sp³-hybridized carbons (Fsp3) is 0.238. The van der Waals surface area contributed by atoms with Crippen molar-refractivity contribution in [3.63, 3.8) is 0 Å². The van der Waals surface area contributed by atoms with Crippen LogP contribution < -0.4 is 15.0 Å². The third-order valence-corrected chi connectivity index (χ3v) is 4.44. The molecule has 1 heterocycles. The molecule has 29 heavy (non-hydrogen) atoms. The fourth-order valence-corrected chi connectivity index (χ4v) is 2.98. The molecule has 2 amide bonds. The van der Waals surface area contributed by atoms with Crippen molar-refractivity contribution in [2.45, 2.75) is 19.8 Å². The van der Waals surface area contributed by atoms with E-state index < -0.39 is 11.9 Å². The lowest BCUT2D eigenvalue weighted by Crippen LogP contribution is -2.43. The Hall–Kier alpha value is -3.68. The summed E-state index contributed by atoms with van der Waals surface area (Å²) in [6, 6.07) is 11.2. The number of carboxylic acids is 1. The van der Waals surface area contributed by atoms with Gasteiger partial charge in [0, 0.05) is 17.7 Å². The number of carbonyl (C=O) groups excluding carboxylic acids is 3. The predicted octanol–water partition coefficient (Wildman–Crippen LogP) is 2.27. The summed E-state index contributed by atoms with van der Waals surface area (Å²) < 4.78 is 5.40. The van der Waals surface area contributed by atoms with E-state index in [-0.39, 0.29) is 31.3 Å². The minimum absolute atomic E-state index is 0.0725. The second-order valence-electron chi connectivity index (χ2n) is 6.54. The summed E-state index contributed by atoms with van der Waals surface area (Å²) in [4.78, 5) is 48.8. The van der Waals surface area contributed by atoms with Gasteiger partial charge in [0.2, 0.25) is 5.91 Å². The lowest BCUT2D eigenvalue weighted by Gasteiger charge is -2.29. The van der Waals surface area contributed by atoms with Crippen molar-refractivity contribution in [2.75, 3.05) is 23.4 Å². The third kappa shape index (κ3) is 4.78. The first-order valence-electron chi connectivity index (χ1n) is 9.08. The van der Waals surface area contributed by atoms with Crippen molar-refractivity contribution in [3.8, 4) is 5.75 Å². The number of hydrogen-bond donors (Lipinski definition) is 2. The number of nitrogens with zero attached hydrogens (tertiary/aromatic N) is 1. The Bertz CT molecular complexity index is 968. The van der Waals surface area contributed by atoms with Crippen molar-refractivity contribution in [1.29, 1.82) is 0 Å². The standard InChI is InChI=1S/C21H20N2O6/c1-2-17(24)14-5-8-18-16(10-14)23(20(26)12-29-18)11-19(25)22-15-6-3-13(4-7-15)9-21(27)28/h3-8,10H,2,9,11-12H2,1H3,(H,22,25)(H,27,28). The third-order valence-electron chi connectivity index (χ3n) is 4.44. The van der Waals surface area contributed by atoms with Crippen LogP contribution in [0.4, 0.5) is 11.4 Å². The zero-order valence-corrected chi connectivity index (χ0v) is 15.8. The van der Waals surface area contributed by atoms with E-state index in [2.05, 4.69) is 5.32 Å². The quantitative estimate of drug-likeness (QED) is 0.694. The van der Waals surface area contributed by atoms with Gasteiger partial charge in [0.25, 0.3) is 5.91 Å². The van der Waals surface area contributed by atoms with Gasteiger partial charge in [0.15, 0.2) is 12.4 Å². The molecule has 0 atom stereocenters. The molecule has 0 spiro atoms. The van der Waals surface area contributed by atoms with Gasteiger partial charge in [-0.05, 0) is 35.9 Å². The van der Waals surface area contributed by atoms with Crippen LogP contribution in [0.2, 0.25) is 0 Å². The zero-order valence-electron chi connectivity index (χ0n) is 15.8. The van der Waals surface area contributed by atoms with E-state index in [1.807, 2.05) is 0 Å². The lowest BCUT2D eigenvalue weighted by atomic mass is 10.1. The summed E-state index contributed by atoms with van der Waals surface area (Å²) in [6.07, 6.45) is 0.220. The summed E-state index contributed by atoms with van der Waals surface area (Å²) in [6.45, 7) is 1.32. The minimum atomic E-state index is -0.938. The van der Waals surface area contributed by atoms with Gasteiger partial charge in [-0.25, -0.2) is 0 Å². The highest BCUT2D eigenvalue weighted by Gasteiger charge is 2.28. The van der Waals surface area contributed by atoms with Gasteiger partial charge >= 0.3 is 5.97 Å². The second kappa shape index (κ2) is 8.55. The number of ketones is 1. The Labute approximate surface area is 167 Å². The molecule has 1 aliphatic heterocycles. The number of carbonyl (C=O) groups is 4. The highest BCUT2D eigenvalue weighted by Crippen LogP contribution is 2.33. The van der Waals surface area contributed by atoms with E-state index in [1.54, 1.807) is 49.4 Å². The molecule has 8 heteroatoms. The van der Waals surface area contributed by atoms with Crippen LogP contribution in [0.15, 0.2) is 42.5 Å². The van der Waals surface area contributed by atoms with Gasteiger partial charge in [0.1, 0.15) is 12.3 Å².